The number of aliphatic hydroxyl groups is 2. The van der Waals surface area contributed by atoms with Crippen molar-refractivity contribution in [2.75, 3.05) is 13.2 Å². The van der Waals surface area contributed by atoms with Gasteiger partial charge in [-0.1, -0.05) is 217 Å². The van der Waals surface area contributed by atoms with Gasteiger partial charge in [0.1, 0.15) is 0 Å². The minimum Gasteiger partial charge on any atom is -0.466 e. The fourth-order valence-corrected chi connectivity index (χ4v) is 7.32. The Bertz CT molecular complexity index is 931. The second kappa shape index (κ2) is 46.8. The third kappa shape index (κ3) is 43.5. The maximum Gasteiger partial charge on any atom is 0.305 e. The number of amides is 1. The number of carbonyl (C=O) groups excluding carboxylic acids is 2. The molecule has 0 fully saturated rings. The van der Waals surface area contributed by atoms with E-state index in [1.165, 1.54) is 154 Å². The van der Waals surface area contributed by atoms with Crippen LogP contribution in [0.1, 0.15) is 251 Å². The molecule has 0 saturated heterocycles. The molecule has 0 aliphatic carbocycles. The van der Waals surface area contributed by atoms with Crippen LogP contribution < -0.4 is 5.32 Å². The normalized spacial score (nSPS) is 13.0. The summed E-state index contributed by atoms with van der Waals surface area (Å²) in [6.45, 7) is 4.79. The molecule has 0 aromatic carbocycles. The van der Waals surface area contributed by atoms with Gasteiger partial charge in [-0.05, 0) is 57.8 Å². The third-order valence-corrected chi connectivity index (χ3v) is 11.1. The fourth-order valence-electron chi connectivity index (χ4n) is 7.32. The average molecular weight is 802 g/mol. The van der Waals surface area contributed by atoms with Crippen LogP contribution in [0.15, 0.2) is 36.5 Å². The molecule has 0 heterocycles. The van der Waals surface area contributed by atoms with Crippen LogP contribution in [-0.2, 0) is 14.3 Å². The number of nitrogens with one attached hydrogen (secondary N) is 1. The molecule has 0 bridgehead atoms. The lowest BCUT2D eigenvalue weighted by molar-refractivity contribution is -0.143. The van der Waals surface area contributed by atoms with Gasteiger partial charge >= 0.3 is 5.97 Å². The molecule has 2 atom stereocenters. The summed E-state index contributed by atoms with van der Waals surface area (Å²) in [5.74, 6) is -0.100. The van der Waals surface area contributed by atoms with Gasteiger partial charge in [0, 0.05) is 12.8 Å². The zero-order valence-corrected chi connectivity index (χ0v) is 37.8. The molecule has 0 spiro atoms. The molecular formula is C51H95NO5. The number of rotatable bonds is 45. The van der Waals surface area contributed by atoms with Gasteiger partial charge in [-0.2, -0.15) is 0 Å². The highest BCUT2D eigenvalue weighted by molar-refractivity contribution is 5.76. The molecule has 0 aromatic rings. The molecule has 57 heavy (non-hydrogen) atoms. The lowest BCUT2D eigenvalue weighted by Crippen LogP contribution is -2.45. The highest BCUT2D eigenvalue weighted by Gasteiger charge is 2.18. The van der Waals surface area contributed by atoms with Crippen molar-refractivity contribution in [3.05, 3.63) is 36.5 Å². The summed E-state index contributed by atoms with van der Waals surface area (Å²) in [5.41, 5.74) is 0. The molecule has 1 amide bonds. The van der Waals surface area contributed by atoms with Crippen LogP contribution in [-0.4, -0.2) is 47.4 Å². The highest BCUT2D eigenvalue weighted by Crippen LogP contribution is 2.15. The van der Waals surface area contributed by atoms with Crippen molar-refractivity contribution in [3.63, 3.8) is 0 Å². The SMILES string of the molecule is CCC/C=C\C/C=C\CCCCCCCC(=O)OCCCCCCCCCCCCCCCCC(=O)NC(CO)C(O)/C=C/CCCCCCCCCCCCC. The van der Waals surface area contributed by atoms with E-state index in [1.807, 2.05) is 6.08 Å². The molecule has 0 radical (unpaired) electrons. The first-order valence-electron chi connectivity index (χ1n) is 24.8. The Hall–Kier alpha value is -1.92. The maximum atomic E-state index is 12.4. The summed E-state index contributed by atoms with van der Waals surface area (Å²) < 4.78 is 5.44. The number of ether oxygens (including phenoxy) is 1. The van der Waals surface area contributed by atoms with Gasteiger partial charge in [0.15, 0.2) is 0 Å². The van der Waals surface area contributed by atoms with Crippen molar-refractivity contribution < 1.29 is 24.5 Å². The Labute approximate surface area is 353 Å². The van der Waals surface area contributed by atoms with Crippen LogP contribution in [0.25, 0.3) is 0 Å². The van der Waals surface area contributed by atoms with Gasteiger partial charge in [0.05, 0.1) is 25.4 Å². The van der Waals surface area contributed by atoms with E-state index in [-0.39, 0.29) is 18.5 Å². The summed E-state index contributed by atoms with van der Waals surface area (Å²) in [6.07, 6.45) is 55.6. The van der Waals surface area contributed by atoms with E-state index >= 15 is 0 Å². The van der Waals surface area contributed by atoms with Crippen molar-refractivity contribution in [1.29, 1.82) is 0 Å². The molecule has 0 aliphatic heterocycles. The Balaban J connectivity index is 3.49. The first-order chi connectivity index (χ1) is 28.0. The summed E-state index contributed by atoms with van der Waals surface area (Å²) >= 11 is 0. The average Bonchev–Trinajstić information content (AvgIpc) is 3.21. The van der Waals surface area contributed by atoms with E-state index in [4.69, 9.17) is 4.74 Å². The van der Waals surface area contributed by atoms with Gasteiger partial charge in [0.2, 0.25) is 5.91 Å². The molecule has 6 nitrogen and oxygen atoms in total. The third-order valence-electron chi connectivity index (χ3n) is 11.1. The van der Waals surface area contributed by atoms with Crippen LogP contribution in [0.4, 0.5) is 0 Å². The monoisotopic (exact) mass is 802 g/mol. The standard InChI is InChI=1S/C51H95NO5/c1-3-5-7-9-11-13-15-19-23-27-31-35-39-43-49(54)48(47-53)52-50(55)44-40-36-32-28-24-21-17-18-22-26-30-34-38-42-46-57-51(56)45-41-37-33-29-25-20-16-14-12-10-8-6-4-2/h8,10,14,16,39,43,48-49,53-54H,3-7,9,11-13,15,17-38,40-42,44-47H2,1-2H3,(H,52,55)/b10-8-,16-14-,43-39+. The first kappa shape index (κ1) is 55.1. The summed E-state index contributed by atoms with van der Waals surface area (Å²) in [4.78, 5) is 24.4. The molecule has 0 aromatic heterocycles. The van der Waals surface area contributed by atoms with Gasteiger partial charge < -0.3 is 20.3 Å². The minimum atomic E-state index is -0.851. The zero-order chi connectivity index (χ0) is 41.5. The van der Waals surface area contributed by atoms with E-state index in [9.17, 15) is 19.8 Å². The van der Waals surface area contributed by atoms with Gasteiger partial charge in [0.25, 0.3) is 0 Å². The first-order valence-corrected chi connectivity index (χ1v) is 24.8. The van der Waals surface area contributed by atoms with Crippen molar-refractivity contribution in [2.24, 2.45) is 0 Å². The predicted octanol–water partition coefficient (Wildman–Crippen LogP) is 14.5. The quantitative estimate of drug-likeness (QED) is 0.0324. The van der Waals surface area contributed by atoms with E-state index in [1.54, 1.807) is 6.08 Å². The molecule has 0 rings (SSSR count). The van der Waals surface area contributed by atoms with Gasteiger partial charge in [-0.15, -0.1) is 0 Å². The van der Waals surface area contributed by atoms with Crippen LogP contribution >= 0.6 is 0 Å². The summed E-state index contributed by atoms with van der Waals surface area (Å²) in [5, 5.41) is 23.0. The number of aliphatic hydroxyl groups excluding tert-OH is 2. The highest BCUT2D eigenvalue weighted by atomic mass is 16.5. The maximum absolute atomic E-state index is 12.4. The van der Waals surface area contributed by atoms with E-state index < -0.39 is 12.1 Å². The Morgan fingerprint density at radius 3 is 1.40 bits per heavy atom. The lowest BCUT2D eigenvalue weighted by Gasteiger charge is -2.20. The molecule has 334 valence electrons. The molecule has 0 saturated carbocycles. The van der Waals surface area contributed by atoms with Crippen LogP contribution in [0, 0.1) is 0 Å². The second-order valence-electron chi connectivity index (χ2n) is 16.8. The van der Waals surface area contributed by atoms with Crippen LogP contribution in [0.3, 0.4) is 0 Å². The number of hydrogen-bond donors (Lipinski definition) is 3. The Morgan fingerprint density at radius 1 is 0.491 bits per heavy atom. The minimum absolute atomic E-state index is 0.0196. The largest absolute Gasteiger partial charge is 0.466 e. The molecule has 3 N–H and O–H groups in total. The van der Waals surface area contributed by atoms with Gasteiger partial charge in [-0.25, -0.2) is 0 Å². The van der Waals surface area contributed by atoms with Crippen LogP contribution in [0.2, 0.25) is 0 Å². The molecule has 2 unspecified atom stereocenters. The van der Waals surface area contributed by atoms with E-state index in [2.05, 4.69) is 43.5 Å². The van der Waals surface area contributed by atoms with Crippen molar-refractivity contribution in [1.82, 2.24) is 5.32 Å². The van der Waals surface area contributed by atoms with Crippen molar-refractivity contribution in [2.45, 2.75) is 264 Å². The molecule has 6 heteroatoms. The Kier molecular flexibility index (Phi) is 45.2. The lowest BCUT2D eigenvalue weighted by atomic mass is 10.0. The second-order valence-corrected chi connectivity index (χ2v) is 16.8. The topological polar surface area (TPSA) is 95.9 Å². The smallest absolute Gasteiger partial charge is 0.305 e. The molecular weight excluding hydrogens is 707 g/mol. The molecule has 0 aliphatic rings. The van der Waals surface area contributed by atoms with E-state index in [0.717, 1.165) is 70.6 Å². The van der Waals surface area contributed by atoms with Crippen LogP contribution in [0.5, 0.6) is 0 Å². The zero-order valence-electron chi connectivity index (χ0n) is 37.8. The summed E-state index contributed by atoms with van der Waals surface area (Å²) in [7, 11) is 0. The number of hydrogen-bond acceptors (Lipinski definition) is 5. The predicted molar refractivity (Wildman–Crippen MR) is 246 cm³/mol. The van der Waals surface area contributed by atoms with Crippen molar-refractivity contribution >= 4 is 11.9 Å². The number of esters is 1. The Morgan fingerprint density at radius 2 is 0.912 bits per heavy atom. The fraction of sp³-hybridized carbons (Fsp3) is 0.843. The van der Waals surface area contributed by atoms with Crippen molar-refractivity contribution in [3.8, 4) is 0 Å². The van der Waals surface area contributed by atoms with E-state index in [0.29, 0.717) is 19.4 Å². The number of allylic oxidation sites excluding steroid dienone is 5. The number of unbranched alkanes of at least 4 members (excludes halogenated alkanes) is 30. The summed E-state index contributed by atoms with van der Waals surface area (Å²) in [6, 6.07) is -0.635. The number of carbonyl (C=O) groups is 2. The van der Waals surface area contributed by atoms with Gasteiger partial charge in [-0.3, -0.25) is 9.59 Å².